The average molecular weight is 308 g/mol. The molecule has 0 bridgehead atoms. The number of carbonyl (C=O) groups is 1. The number of hydrogen-bond donors (Lipinski definition) is 2. The zero-order chi connectivity index (χ0) is 15.6. The Bertz CT molecular complexity index is 780. The van der Waals surface area contributed by atoms with Crippen molar-refractivity contribution in [1.82, 2.24) is 9.78 Å². The number of para-hydroxylation sites is 1. The highest BCUT2D eigenvalue weighted by molar-refractivity contribution is 7.90. The second-order valence-corrected chi connectivity index (χ2v) is 6.47. The second kappa shape index (κ2) is 5.57. The molecule has 0 saturated carbocycles. The van der Waals surface area contributed by atoms with Crippen LogP contribution in [-0.2, 0) is 16.4 Å². The molecule has 0 spiro atoms. The van der Waals surface area contributed by atoms with Gasteiger partial charge in [0.2, 0.25) is 0 Å². The van der Waals surface area contributed by atoms with Crippen LogP contribution in [0.3, 0.4) is 0 Å². The van der Waals surface area contributed by atoms with Gasteiger partial charge in [-0.2, -0.15) is 5.10 Å². The lowest BCUT2D eigenvalue weighted by Gasteiger charge is -2.11. The zero-order valence-electron chi connectivity index (χ0n) is 11.7. The first-order valence-corrected chi connectivity index (χ1v) is 8.15. The van der Waals surface area contributed by atoms with Crippen molar-refractivity contribution in [3.8, 4) is 0 Å². The van der Waals surface area contributed by atoms with E-state index < -0.39 is 15.7 Å². The minimum absolute atomic E-state index is 0.0551. The Kier molecular flexibility index (Phi) is 3.99. The smallest absolute Gasteiger partial charge is 0.276 e. The molecule has 1 amide bonds. The van der Waals surface area contributed by atoms with Gasteiger partial charge in [-0.15, -0.1) is 0 Å². The van der Waals surface area contributed by atoms with Gasteiger partial charge in [0.05, 0.1) is 22.5 Å². The van der Waals surface area contributed by atoms with Gasteiger partial charge in [0.25, 0.3) is 5.91 Å². The summed E-state index contributed by atoms with van der Waals surface area (Å²) in [4.78, 5) is 12.4. The minimum atomic E-state index is -3.44. The van der Waals surface area contributed by atoms with Crippen molar-refractivity contribution < 1.29 is 13.2 Å². The standard InChI is InChI=1S/C13H16N4O3S/c1-3-17-12(9(14)8-15-17)13(18)16-10-6-4-5-7-11(10)21(2,19)20/h4-8H,3,14H2,1-2H3,(H,16,18). The van der Waals surface area contributed by atoms with E-state index in [4.69, 9.17) is 5.73 Å². The number of anilines is 2. The Morgan fingerprint density at radius 1 is 1.38 bits per heavy atom. The molecule has 8 heteroatoms. The minimum Gasteiger partial charge on any atom is -0.396 e. The number of nitrogens with one attached hydrogen (secondary N) is 1. The van der Waals surface area contributed by atoms with E-state index in [9.17, 15) is 13.2 Å². The van der Waals surface area contributed by atoms with Gasteiger partial charge in [-0.05, 0) is 19.1 Å². The molecule has 0 radical (unpaired) electrons. The van der Waals surface area contributed by atoms with Crippen molar-refractivity contribution in [2.45, 2.75) is 18.4 Å². The van der Waals surface area contributed by atoms with E-state index in [1.807, 2.05) is 6.92 Å². The molecule has 0 fully saturated rings. The molecule has 21 heavy (non-hydrogen) atoms. The first-order valence-electron chi connectivity index (χ1n) is 6.26. The van der Waals surface area contributed by atoms with Crippen molar-refractivity contribution in [3.63, 3.8) is 0 Å². The molecule has 112 valence electrons. The summed E-state index contributed by atoms with van der Waals surface area (Å²) < 4.78 is 24.9. The third kappa shape index (κ3) is 3.05. The summed E-state index contributed by atoms with van der Waals surface area (Å²) in [7, 11) is -3.44. The van der Waals surface area contributed by atoms with Gasteiger partial charge < -0.3 is 11.1 Å². The van der Waals surface area contributed by atoms with Gasteiger partial charge in [0, 0.05) is 12.8 Å². The molecule has 2 aromatic rings. The van der Waals surface area contributed by atoms with E-state index >= 15 is 0 Å². The van der Waals surface area contributed by atoms with E-state index in [1.54, 1.807) is 12.1 Å². The van der Waals surface area contributed by atoms with Crippen LogP contribution in [0, 0.1) is 0 Å². The molecular weight excluding hydrogens is 292 g/mol. The van der Waals surface area contributed by atoms with Gasteiger partial charge in [0.15, 0.2) is 9.84 Å². The van der Waals surface area contributed by atoms with E-state index in [1.165, 1.54) is 23.0 Å². The average Bonchev–Trinajstić information content (AvgIpc) is 2.79. The summed E-state index contributed by atoms with van der Waals surface area (Å²) in [6, 6.07) is 6.20. The Morgan fingerprint density at radius 3 is 2.67 bits per heavy atom. The van der Waals surface area contributed by atoms with Gasteiger partial charge in [-0.3, -0.25) is 9.48 Å². The number of benzene rings is 1. The fraction of sp³-hybridized carbons (Fsp3) is 0.231. The highest BCUT2D eigenvalue weighted by Crippen LogP contribution is 2.22. The largest absolute Gasteiger partial charge is 0.396 e. The Labute approximate surface area is 122 Å². The second-order valence-electron chi connectivity index (χ2n) is 4.49. The van der Waals surface area contributed by atoms with Crippen molar-refractivity contribution >= 4 is 27.1 Å². The lowest BCUT2D eigenvalue weighted by molar-refractivity contribution is 0.101. The molecule has 3 N–H and O–H groups in total. The third-order valence-electron chi connectivity index (χ3n) is 2.92. The van der Waals surface area contributed by atoms with Crippen molar-refractivity contribution in [2.75, 3.05) is 17.3 Å². The maximum atomic E-state index is 12.3. The number of aryl methyl sites for hydroxylation is 1. The molecule has 1 aromatic heterocycles. The normalized spacial score (nSPS) is 11.3. The molecule has 0 unspecified atom stereocenters. The third-order valence-corrected chi connectivity index (χ3v) is 4.07. The Hall–Kier alpha value is -2.35. The number of nitrogen functional groups attached to an aromatic ring is 1. The van der Waals surface area contributed by atoms with Crippen molar-refractivity contribution in [2.24, 2.45) is 0 Å². The molecular formula is C13H16N4O3S. The Morgan fingerprint density at radius 2 is 2.05 bits per heavy atom. The van der Waals surface area contributed by atoms with Crippen LogP contribution in [0.4, 0.5) is 11.4 Å². The number of rotatable bonds is 4. The van der Waals surface area contributed by atoms with Crippen LogP contribution in [0.25, 0.3) is 0 Å². The molecule has 1 aromatic carbocycles. The first-order chi connectivity index (χ1) is 9.84. The van der Waals surface area contributed by atoms with Crippen molar-refractivity contribution in [1.29, 1.82) is 0 Å². The van der Waals surface area contributed by atoms with Gasteiger partial charge >= 0.3 is 0 Å². The molecule has 1 heterocycles. The summed E-state index contributed by atoms with van der Waals surface area (Å²) in [6.45, 7) is 2.31. The van der Waals surface area contributed by atoms with E-state index in [2.05, 4.69) is 10.4 Å². The zero-order valence-corrected chi connectivity index (χ0v) is 12.5. The van der Waals surface area contributed by atoms with E-state index in [0.717, 1.165) is 6.26 Å². The van der Waals surface area contributed by atoms with E-state index in [0.29, 0.717) is 6.54 Å². The number of carbonyl (C=O) groups excluding carboxylic acids is 1. The lowest BCUT2D eigenvalue weighted by Crippen LogP contribution is -2.20. The molecule has 7 nitrogen and oxygen atoms in total. The molecule has 0 aliphatic rings. The van der Waals surface area contributed by atoms with Crippen LogP contribution in [0.5, 0.6) is 0 Å². The van der Waals surface area contributed by atoms with Gasteiger partial charge in [-0.1, -0.05) is 12.1 Å². The number of aromatic nitrogens is 2. The molecule has 0 atom stereocenters. The highest BCUT2D eigenvalue weighted by atomic mass is 32.2. The number of nitrogens with two attached hydrogens (primary N) is 1. The SMILES string of the molecule is CCn1ncc(N)c1C(=O)Nc1ccccc1S(C)(=O)=O. The summed E-state index contributed by atoms with van der Waals surface area (Å²) in [5.41, 5.74) is 6.40. The summed E-state index contributed by atoms with van der Waals surface area (Å²) in [6.07, 6.45) is 2.48. The summed E-state index contributed by atoms with van der Waals surface area (Å²) in [5, 5.41) is 6.56. The molecule has 2 rings (SSSR count). The fourth-order valence-electron chi connectivity index (χ4n) is 1.96. The quantitative estimate of drug-likeness (QED) is 0.880. The highest BCUT2D eigenvalue weighted by Gasteiger charge is 2.19. The topological polar surface area (TPSA) is 107 Å². The monoisotopic (exact) mass is 308 g/mol. The van der Waals surface area contributed by atoms with Crippen LogP contribution in [-0.4, -0.2) is 30.4 Å². The number of nitrogens with zero attached hydrogens (tertiary/aromatic N) is 2. The summed E-state index contributed by atoms with van der Waals surface area (Å²) in [5.74, 6) is -0.497. The van der Waals surface area contributed by atoms with Crippen LogP contribution >= 0.6 is 0 Å². The maximum Gasteiger partial charge on any atom is 0.276 e. The van der Waals surface area contributed by atoms with Crippen molar-refractivity contribution in [3.05, 3.63) is 36.2 Å². The lowest BCUT2D eigenvalue weighted by atomic mass is 10.3. The predicted molar refractivity (Wildman–Crippen MR) is 79.8 cm³/mol. The number of sulfone groups is 1. The molecule has 0 aliphatic heterocycles. The van der Waals surface area contributed by atoms with Crippen LogP contribution in [0.1, 0.15) is 17.4 Å². The predicted octanol–water partition coefficient (Wildman–Crippen LogP) is 1.14. The van der Waals surface area contributed by atoms with Crippen LogP contribution < -0.4 is 11.1 Å². The number of hydrogen-bond acceptors (Lipinski definition) is 5. The summed E-state index contributed by atoms with van der Waals surface area (Å²) >= 11 is 0. The van der Waals surface area contributed by atoms with Crippen LogP contribution in [0.2, 0.25) is 0 Å². The maximum absolute atomic E-state index is 12.3. The first kappa shape index (κ1) is 15.0. The molecule has 0 saturated heterocycles. The fourth-order valence-corrected chi connectivity index (χ4v) is 2.81. The molecule has 0 aliphatic carbocycles. The van der Waals surface area contributed by atoms with E-state index in [-0.39, 0.29) is 22.0 Å². The van der Waals surface area contributed by atoms with Crippen LogP contribution in [0.15, 0.2) is 35.4 Å². The van der Waals surface area contributed by atoms with Gasteiger partial charge in [0.1, 0.15) is 5.69 Å². The number of amides is 1. The van der Waals surface area contributed by atoms with Gasteiger partial charge in [-0.25, -0.2) is 8.42 Å². The Balaban J connectivity index is 2.39.